The third kappa shape index (κ3) is 3.11. The Morgan fingerprint density at radius 3 is 2.85 bits per heavy atom. The van der Waals surface area contributed by atoms with Gasteiger partial charge in [0.05, 0.1) is 18.1 Å². The van der Waals surface area contributed by atoms with Crippen molar-refractivity contribution in [3.63, 3.8) is 0 Å². The predicted molar refractivity (Wildman–Crippen MR) is 81.7 cm³/mol. The van der Waals surface area contributed by atoms with Gasteiger partial charge in [0.1, 0.15) is 0 Å². The first kappa shape index (κ1) is 14.2. The van der Waals surface area contributed by atoms with Gasteiger partial charge in [0.25, 0.3) is 0 Å². The molecule has 2 heterocycles. The van der Waals surface area contributed by atoms with E-state index >= 15 is 0 Å². The first-order valence-corrected chi connectivity index (χ1v) is 8.75. The van der Waals surface area contributed by atoms with Gasteiger partial charge in [-0.25, -0.2) is 0 Å². The number of hydrogen-bond acceptors (Lipinski definition) is 4. The molecule has 0 saturated carbocycles. The minimum atomic E-state index is -0.592. The summed E-state index contributed by atoms with van der Waals surface area (Å²) >= 11 is 0. The Morgan fingerprint density at radius 2 is 2.05 bits per heavy atom. The molecule has 2 saturated heterocycles. The van der Waals surface area contributed by atoms with Gasteiger partial charge in [-0.1, -0.05) is 41.0 Å². The Hall–Kier alpha value is -0.750. The number of aliphatic hydroxyl groups excluding tert-OH is 2. The predicted octanol–water partition coefficient (Wildman–Crippen LogP) is 0.798. The monoisotopic (exact) mass is 294 g/mol. The van der Waals surface area contributed by atoms with Crippen LogP contribution >= 0.6 is 0 Å². The molecule has 0 radical (unpaired) electrons. The highest BCUT2D eigenvalue weighted by molar-refractivity contribution is 7.87. The molecule has 2 N–H and O–H groups in total. The molecule has 2 fully saturated rings. The molecule has 1 unspecified atom stereocenters. The van der Waals surface area contributed by atoms with E-state index in [1.54, 1.807) is 0 Å². The van der Waals surface area contributed by atoms with E-state index in [1.165, 1.54) is 5.56 Å². The van der Waals surface area contributed by atoms with Gasteiger partial charge in [0.15, 0.2) is 0 Å². The molecule has 2 aliphatic heterocycles. The lowest BCUT2D eigenvalue weighted by atomic mass is 9.98. The Morgan fingerprint density at radius 1 is 1.25 bits per heavy atom. The highest BCUT2D eigenvalue weighted by atomic mass is 32.2. The summed E-state index contributed by atoms with van der Waals surface area (Å²) < 4.78 is 4.80. The van der Waals surface area contributed by atoms with Crippen molar-refractivity contribution in [3.05, 3.63) is 35.9 Å². The number of fused-ring (bicyclic) bond motifs is 1. The second kappa shape index (κ2) is 6.35. The van der Waals surface area contributed by atoms with Crippen molar-refractivity contribution in [1.29, 1.82) is 0 Å². The summed E-state index contributed by atoms with van der Waals surface area (Å²) in [6, 6.07) is 10.5. The lowest BCUT2D eigenvalue weighted by Crippen LogP contribution is -2.52. The molecule has 1 aromatic carbocycles. The van der Waals surface area contributed by atoms with Crippen LogP contribution < -0.4 is 0 Å². The second-order valence-corrected chi connectivity index (χ2v) is 7.35. The molecule has 110 valence electrons. The van der Waals surface area contributed by atoms with Gasteiger partial charge in [-0.05, 0) is 18.4 Å². The quantitative estimate of drug-likeness (QED) is 0.867. The molecular weight excluding hydrogens is 272 g/mol. The van der Waals surface area contributed by atoms with Gasteiger partial charge in [-0.2, -0.15) is 0 Å². The molecule has 4 atom stereocenters. The normalized spacial score (nSPS) is 34.3. The Bertz CT molecular complexity index is 480. The molecule has 2 aliphatic rings. The van der Waals surface area contributed by atoms with Crippen LogP contribution in [-0.4, -0.2) is 58.1 Å². The summed E-state index contributed by atoms with van der Waals surface area (Å²) in [5.74, 6) is 1.87. The maximum atomic E-state index is 10.0. The zero-order valence-corrected chi connectivity index (χ0v) is 12.4. The molecule has 0 bridgehead atoms. The Labute approximate surface area is 122 Å². The van der Waals surface area contributed by atoms with E-state index in [9.17, 15) is 10.2 Å². The fourth-order valence-electron chi connectivity index (χ4n) is 2.95. The van der Waals surface area contributed by atoms with E-state index in [2.05, 4.69) is 29.2 Å². The standard InChI is InChI=1S/C15H22N2O2S/c18-14-7-9-17-11-20(10-13(17)15(14)19)16-8-6-12-4-2-1-3-5-12/h1-5,13-15,18-19H,6-11H2/t13-,14-,15-,20?/m1/s1. The van der Waals surface area contributed by atoms with Crippen LogP contribution in [0.25, 0.3) is 0 Å². The van der Waals surface area contributed by atoms with Gasteiger partial charge >= 0.3 is 0 Å². The third-order valence-corrected chi connectivity index (χ3v) is 6.07. The summed E-state index contributed by atoms with van der Waals surface area (Å²) in [5, 5.41) is 19.8. The number of aliphatic hydroxyl groups is 2. The fraction of sp³-hybridized carbons (Fsp3) is 0.600. The van der Waals surface area contributed by atoms with Crippen LogP contribution in [0.3, 0.4) is 0 Å². The molecule has 3 rings (SSSR count). The van der Waals surface area contributed by atoms with E-state index in [0.717, 1.165) is 31.1 Å². The first-order valence-electron chi connectivity index (χ1n) is 7.23. The van der Waals surface area contributed by atoms with Crippen LogP contribution in [0.15, 0.2) is 34.7 Å². The number of rotatable bonds is 3. The molecule has 1 aromatic rings. The van der Waals surface area contributed by atoms with Gasteiger partial charge in [-0.15, -0.1) is 0 Å². The van der Waals surface area contributed by atoms with E-state index in [0.29, 0.717) is 6.42 Å². The minimum absolute atomic E-state index is 0.0233. The van der Waals surface area contributed by atoms with Gasteiger partial charge in [0, 0.05) is 24.9 Å². The lowest BCUT2D eigenvalue weighted by Gasteiger charge is -2.35. The largest absolute Gasteiger partial charge is 0.390 e. The van der Waals surface area contributed by atoms with Crippen molar-refractivity contribution in [3.8, 4) is 0 Å². The van der Waals surface area contributed by atoms with Gasteiger partial charge in [0.2, 0.25) is 0 Å². The molecule has 0 amide bonds. The molecule has 4 nitrogen and oxygen atoms in total. The summed E-state index contributed by atoms with van der Waals surface area (Å²) in [6.45, 7) is 1.74. The van der Waals surface area contributed by atoms with Crippen molar-refractivity contribution in [2.75, 3.05) is 24.7 Å². The summed E-state index contributed by atoms with van der Waals surface area (Å²) in [6.07, 6.45) is 0.522. The smallest absolute Gasteiger partial charge is 0.0962 e. The van der Waals surface area contributed by atoms with Crippen LogP contribution in [0.5, 0.6) is 0 Å². The van der Waals surface area contributed by atoms with Gasteiger partial charge < -0.3 is 10.2 Å². The number of hydrogen-bond donors (Lipinski definition) is 2. The topological polar surface area (TPSA) is 56.1 Å². The van der Waals surface area contributed by atoms with Crippen molar-refractivity contribution in [2.45, 2.75) is 31.1 Å². The van der Waals surface area contributed by atoms with E-state index < -0.39 is 12.2 Å². The average Bonchev–Trinajstić information content (AvgIpc) is 2.88. The molecule has 20 heavy (non-hydrogen) atoms. The Balaban J connectivity index is 1.55. The third-order valence-electron chi connectivity index (χ3n) is 4.16. The van der Waals surface area contributed by atoms with Crippen LogP contribution in [0, 0.1) is 0 Å². The van der Waals surface area contributed by atoms with Crippen molar-refractivity contribution in [2.24, 2.45) is 4.36 Å². The number of benzene rings is 1. The Kier molecular flexibility index (Phi) is 4.51. The molecule has 0 aliphatic carbocycles. The van der Waals surface area contributed by atoms with Crippen molar-refractivity contribution >= 4 is 10.7 Å². The van der Waals surface area contributed by atoms with Crippen LogP contribution in [0.1, 0.15) is 12.0 Å². The zero-order valence-electron chi connectivity index (χ0n) is 11.6. The number of nitrogens with zero attached hydrogens (tertiary/aromatic N) is 2. The van der Waals surface area contributed by atoms with Crippen LogP contribution in [0.4, 0.5) is 0 Å². The average molecular weight is 294 g/mol. The summed E-state index contributed by atoms with van der Waals surface area (Å²) in [4.78, 5) is 2.30. The van der Waals surface area contributed by atoms with Crippen molar-refractivity contribution in [1.82, 2.24) is 4.90 Å². The second-order valence-electron chi connectivity index (χ2n) is 5.57. The van der Waals surface area contributed by atoms with E-state index in [1.807, 2.05) is 6.07 Å². The van der Waals surface area contributed by atoms with E-state index in [-0.39, 0.29) is 16.7 Å². The first-order chi connectivity index (χ1) is 9.74. The minimum Gasteiger partial charge on any atom is -0.390 e. The highest BCUT2D eigenvalue weighted by Crippen LogP contribution is 2.25. The SMILES string of the molecule is O[C@H]1[C@H](O)CCN2CS(=NCCc3ccccc3)C[C@H]12. The van der Waals surface area contributed by atoms with Crippen LogP contribution in [0.2, 0.25) is 0 Å². The summed E-state index contributed by atoms with van der Waals surface area (Å²) in [5.41, 5.74) is 1.33. The van der Waals surface area contributed by atoms with E-state index in [4.69, 9.17) is 4.36 Å². The maximum absolute atomic E-state index is 10.0. The maximum Gasteiger partial charge on any atom is 0.0962 e. The molecule has 5 heteroatoms. The molecule has 0 spiro atoms. The highest BCUT2D eigenvalue weighted by Gasteiger charge is 2.40. The van der Waals surface area contributed by atoms with Gasteiger partial charge in [-0.3, -0.25) is 9.26 Å². The molecule has 0 aromatic heterocycles. The lowest BCUT2D eigenvalue weighted by molar-refractivity contribution is -0.0597. The molecular formula is C15H22N2O2S. The fourth-order valence-corrected chi connectivity index (χ4v) is 5.10. The van der Waals surface area contributed by atoms with Crippen molar-refractivity contribution < 1.29 is 10.2 Å². The number of piperidine rings is 1. The van der Waals surface area contributed by atoms with Crippen LogP contribution in [-0.2, 0) is 17.1 Å². The summed E-state index contributed by atoms with van der Waals surface area (Å²) in [7, 11) is 0.0233. The zero-order chi connectivity index (χ0) is 13.9.